The lowest BCUT2D eigenvalue weighted by Crippen LogP contribution is -3.00. The summed E-state index contributed by atoms with van der Waals surface area (Å²) >= 11 is 0. The highest BCUT2D eigenvalue weighted by Gasteiger charge is 2.12. The predicted octanol–water partition coefficient (Wildman–Crippen LogP) is -0.0646. The minimum Gasteiger partial charge on any atom is -1.00 e. The fourth-order valence-corrected chi connectivity index (χ4v) is 2.12. The van der Waals surface area contributed by atoms with Gasteiger partial charge in [0.25, 0.3) is 0 Å². The van der Waals surface area contributed by atoms with Gasteiger partial charge in [0.1, 0.15) is 0 Å². The quantitative estimate of drug-likeness (QED) is 0.308. The molecular weight excluding hydrogens is 323 g/mol. The number of fused-ring (bicyclic) bond motifs is 1. The second-order valence-corrected chi connectivity index (χ2v) is 5.48. The van der Waals surface area contributed by atoms with Crippen molar-refractivity contribution in [2.75, 3.05) is 21.1 Å². The molecule has 0 saturated carbocycles. The molecule has 0 radical (unpaired) electrons. The van der Waals surface area contributed by atoms with Crippen molar-refractivity contribution in [2.24, 2.45) is 4.99 Å². The average Bonchev–Trinajstić information content (AvgIpc) is 2.25. The van der Waals surface area contributed by atoms with Gasteiger partial charge in [-0.15, -0.1) is 0 Å². The highest BCUT2D eigenvalue weighted by atomic mass is 127. The zero-order chi connectivity index (χ0) is 11.6. The van der Waals surface area contributed by atoms with Gasteiger partial charge in [-0.1, -0.05) is 12.1 Å². The highest BCUT2D eigenvalue weighted by molar-refractivity contribution is 5.60. The minimum absolute atomic E-state index is 0. The number of nitrogens with zero attached hydrogens (tertiary/aromatic N) is 2. The lowest BCUT2D eigenvalue weighted by atomic mass is 9.90. The first-order chi connectivity index (χ1) is 7.56. The van der Waals surface area contributed by atoms with Crippen LogP contribution in [0.5, 0.6) is 0 Å². The Morgan fingerprint density at radius 2 is 1.82 bits per heavy atom. The van der Waals surface area contributed by atoms with Crippen molar-refractivity contribution < 1.29 is 28.5 Å². The van der Waals surface area contributed by atoms with E-state index in [9.17, 15) is 0 Å². The van der Waals surface area contributed by atoms with Crippen molar-refractivity contribution in [1.82, 2.24) is 0 Å². The Kier molecular flexibility index (Phi) is 5.13. The summed E-state index contributed by atoms with van der Waals surface area (Å²) in [4.78, 5) is 4.64. The van der Waals surface area contributed by atoms with Gasteiger partial charge < -0.3 is 24.0 Å². The van der Waals surface area contributed by atoms with Crippen LogP contribution in [0.1, 0.15) is 24.0 Å². The molecule has 94 valence electrons. The van der Waals surface area contributed by atoms with Gasteiger partial charge in [-0.25, -0.2) is 4.99 Å². The number of benzene rings is 1. The van der Waals surface area contributed by atoms with Gasteiger partial charge in [-0.3, -0.25) is 4.48 Å². The van der Waals surface area contributed by atoms with Crippen LogP contribution in [0.3, 0.4) is 0 Å². The maximum absolute atomic E-state index is 4.64. The maximum Gasteiger partial charge on any atom is 0.189 e. The summed E-state index contributed by atoms with van der Waals surface area (Å²) in [7, 11) is 6.37. The molecule has 0 amide bonds. The van der Waals surface area contributed by atoms with E-state index in [0.29, 0.717) is 0 Å². The van der Waals surface area contributed by atoms with Crippen LogP contribution in [0.15, 0.2) is 23.2 Å². The van der Waals surface area contributed by atoms with Gasteiger partial charge in [0.05, 0.1) is 26.8 Å². The fraction of sp³-hybridized carbons (Fsp3) is 0.500. The Morgan fingerprint density at radius 1 is 1.12 bits per heavy atom. The summed E-state index contributed by atoms with van der Waals surface area (Å²) in [5, 5.41) is 0. The summed E-state index contributed by atoms with van der Waals surface area (Å²) in [6, 6.07) is 6.52. The van der Waals surface area contributed by atoms with E-state index in [4.69, 9.17) is 0 Å². The van der Waals surface area contributed by atoms with E-state index < -0.39 is 0 Å². The van der Waals surface area contributed by atoms with Gasteiger partial charge in [-0.05, 0) is 42.9 Å². The fourth-order valence-electron chi connectivity index (χ4n) is 2.12. The normalized spacial score (nSPS) is 15.5. The molecule has 0 unspecified atom stereocenters. The Bertz CT molecular complexity index is 405. The van der Waals surface area contributed by atoms with Gasteiger partial charge in [0.2, 0.25) is 0 Å². The lowest BCUT2D eigenvalue weighted by Gasteiger charge is -2.19. The molecule has 1 aromatic rings. The van der Waals surface area contributed by atoms with E-state index in [1.807, 2.05) is 6.34 Å². The van der Waals surface area contributed by atoms with Gasteiger partial charge >= 0.3 is 0 Å². The molecule has 0 atom stereocenters. The van der Waals surface area contributed by atoms with Crippen molar-refractivity contribution in [3.05, 3.63) is 29.3 Å². The van der Waals surface area contributed by atoms with Crippen LogP contribution in [0.2, 0.25) is 0 Å². The summed E-state index contributed by atoms with van der Waals surface area (Å²) in [5.41, 5.74) is 4.14. The van der Waals surface area contributed by atoms with Crippen molar-refractivity contribution in [3.63, 3.8) is 0 Å². The zero-order valence-electron chi connectivity index (χ0n) is 10.9. The van der Waals surface area contributed by atoms with E-state index in [2.05, 4.69) is 44.3 Å². The third-order valence-electron chi connectivity index (χ3n) is 2.91. The number of aliphatic imine (C=N–C) groups is 1. The smallest absolute Gasteiger partial charge is 0.189 e. The van der Waals surface area contributed by atoms with Crippen molar-refractivity contribution in [3.8, 4) is 0 Å². The molecule has 0 spiro atoms. The van der Waals surface area contributed by atoms with Gasteiger partial charge in [0, 0.05) is 0 Å². The summed E-state index contributed by atoms with van der Waals surface area (Å²) < 4.78 is 0.768. The third kappa shape index (κ3) is 4.07. The van der Waals surface area contributed by atoms with Crippen molar-refractivity contribution in [1.29, 1.82) is 0 Å². The molecule has 2 nitrogen and oxygen atoms in total. The molecule has 1 aromatic carbocycles. The van der Waals surface area contributed by atoms with Gasteiger partial charge in [-0.2, -0.15) is 0 Å². The molecule has 1 aliphatic rings. The second kappa shape index (κ2) is 5.96. The molecule has 1 aliphatic carbocycles. The van der Waals surface area contributed by atoms with Crippen molar-refractivity contribution in [2.45, 2.75) is 25.7 Å². The Balaban J connectivity index is 0.00000144. The van der Waals surface area contributed by atoms with Gasteiger partial charge in [0.15, 0.2) is 6.34 Å². The average molecular weight is 344 g/mol. The maximum atomic E-state index is 4.64. The third-order valence-corrected chi connectivity index (χ3v) is 2.91. The lowest BCUT2D eigenvalue weighted by molar-refractivity contribution is -0.769. The van der Waals surface area contributed by atoms with Crippen LogP contribution in [0.4, 0.5) is 5.69 Å². The summed E-state index contributed by atoms with van der Waals surface area (Å²) in [6.45, 7) is 0. The number of hydrogen-bond donors (Lipinski definition) is 0. The molecule has 0 N–H and O–H groups in total. The number of quaternary nitrogens is 1. The molecule has 17 heavy (non-hydrogen) atoms. The first-order valence-corrected chi connectivity index (χ1v) is 6.03. The number of rotatable bonds is 2. The largest absolute Gasteiger partial charge is 1.00 e. The minimum atomic E-state index is 0. The molecule has 0 saturated heterocycles. The highest BCUT2D eigenvalue weighted by Crippen LogP contribution is 2.29. The van der Waals surface area contributed by atoms with Crippen LogP contribution >= 0.6 is 0 Å². The predicted molar refractivity (Wildman–Crippen MR) is 69.3 cm³/mol. The SMILES string of the molecule is C[N+](C)(C)C=Nc1cccc2c1CCCC2.[I-]. The topological polar surface area (TPSA) is 12.4 Å². The number of hydrogen-bond acceptors (Lipinski definition) is 1. The molecule has 0 fully saturated rings. The number of aryl methyl sites for hydroxylation is 1. The van der Waals surface area contributed by atoms with Crippen LogP contribution in [0.25, 0.3) is 0 Å². The van der Waals surface area contributed by atoms with Crippen LogP contribution in [0, 0.1) is 0 Å². The molecule has 3 heteroatoms. The molecule has 0 aliphatic heterocycles. The second-order valence-electron chi connectivity index (χ2n) is 5.48. The molecule has 0 heterocycles. The number of halogens is 1. The first kappa shape index (κ1) is 14.6. The zero-order valence-corrected chi connectivity index (χ0v) is 13.1. The molecule has 0 aromatic heterocycles. The van der Waals surface area contributed by atoms with E-state index in [1.165, 1.54) is 42.5 Å². The van der Waals surface area contributed by atoms with Crippen LogP contribution in [-0.4, -0.2) is 32.0 Å². The first-order valence-electron chi connectivity index (χ1n) is 6.03. The monoisotopic (exact) mass is 344 g/mol. The standard InChI is InChI=1S/C14H21N2.HI/c1-16(2,3)11-15-14-10-6-8-12-7-4-5-9-13(12)14;/h6,8,10-11H,4-5,7,9H2,1-3H3;1H/q+1;/p-1. The van der Waals surface area contributed by atoms with E-state index in [0.717, 1.165) is 4.48 Å². The van der Waals surface area contributed by atoms with Crippen LogP contribution < -0.4 is 24.0 Å². The molecule has 0 bridgehead atoms. The summed E-state index contributed by atoms with van der Waals surface area (Å²) in [5.74, 6) is 0. The Hall–Kier alpha value is -0.420. The van der Waals surface area contributed by atoms with Crippen LogP contribution in [-0.2, 0) is 12.8 Å². The molecule has 2 rings (SSSR count). The van der Waals surface area contributed by atoms with E-state index in [1.54, 1.807) is 0 Å². The van der Waals surface area contributed by atoms with Crippen molar-refractivity contribution >= 4 is 12.0 Å². The molecular formula is C14H21IN2. The van der Waals surface area contributed by atoms with E-state index in [-0.39, 0.29) is 24.0 Å². The Labute approximate surface area is 121 Å². The summed E-state index contributed by atoms with van der Waals surface area (Å²) in [6.07, 6.45) is 7.06. The van der Waals surface area contributed by atoms with E-state index >= 15 is 0 Å². The Morgan fingerprint density at radius 3 is 2.53 bits per heavy atom.